The second kappa shape index (κ2) is 13.5. The minimum absolute atomic E-state index is 0.00469. The van der Waals surface area contributed by atoms with Crippen LogP contribution in [-0.2, 0) is 20.8 Å². The van der Waals surface area contributed by atoms with Crippen LogP contribution in [0.1, 0.15) is 58.7 Å². The first-order chi connectivity index (χ1) is 19.7. The van der Waals surface area contributed by atoms with Crippen molar-refractivity contribution in [3.8, 4) is 5.75 Å². The average Bonchev–Trinajstić information content (AvgIpc) is 3.42. The van der Waals surface area contributed by atoms with E-state index in [0.717, 1.165) is 16.7 Å². The molecule has 0 aliphatic carbocycles. The predicted molar refractivity (Wildman–Crippen MR) is 155 cm³/mol. The number of carbonyl (C=O) groups excluding carboxylic acids is 2. The third kappa shape index (κ3) is 7.11. The number of para-hydroxylation sites is 1. The molecule has 2 heterocycles. The summed E-state index contributed by atoms with van der Waals surface area (Å²) in [5.74, 6) is -0.296. The third-order valence-electron chi connectivity index (χ3n) is 7.17. The Morgan fingerprint density at radius 1 is 1.15 bits per heavy atom. The molecule has 1 aliphatic rings. The van der Waals surface area contributed by atoms with Crippen LogP contribution >= 0.6 is 10.8 Å². The highest BCUT2D eigenvalue weighted by molar-refractivity contribution is 8.22. The standard InChI is InChI=1S/C30H38N2O8S/c1-5-23-19-32(41(35,36)28-9-7-6-8-26(28)39-23)18-22-16-21(11-10-20(22)2)24(17-29(33)38-4)25-12-13-27(40-25)30(34)31-14-15-37-3/h6-13,16,23-24,35-36H,5,14-15,17-19H2,1-4H3,(H,31,34). The third-order valence-corrected chi connectivity index (χ3v) is 9.09. The van der Waals surface area contributed by atoms with Crippen LogP contribution < -0.4 is 10.1 Å². The maximum absolute atomic E-state index is 12.5. The summed E-state index contributed by atoms with van der Waals surface area (Å²) in [6, 6.07) is 16.1. The number of aryl methyl sites for hydroxylation is 1. The number of hydrogen-bond acceptors (Lipinski definition) is 9. The summed E-state index contributed by atoms with van der Waals surface area (Å²) in [5, 5.41) is 2.72. The molecule has 10 nitrogen and oxygen atoms in total. The molecular weight excluding hydrogens is 548 g/mol. The van der Waals surface area contributed by atoms with Gasteiger partial charge in [0.25, 0.3) is 5.91 Å². The first-order valence-corrected chi connectivity index (χ1v) is 15.0. The summed E-state index contributed by atoms with van der Waals surface area (Å²) in [5.41, 5.74) is 2.58. The van der Waals surface area contributed by atoms with Crippen LogP contribution in [0.4, 0.5) is 0 Å². The van der Waals surface area contributed by atoms with Crippen molar-refractivity contribution in [3.63, 3.8) is 0 Å². The molecule has 2 atom stereocenters. The quantitative estimate of drug-likeness (QED) is 0.201. The molecule has 0 saturated carbocycles. The van der Waals surface area contributed by atoms with E-state index in [0.29, 0.717) is 42.5 Å². The largest absolute Gasteiger partial charge is 0.487 e. The molecule has 1 aromatic heterocycles. The second-order valence-corrected chi connectivity index (χ2v) is 11.9. The van der Waals surface area contributed by atoms with Crippen LogP contribution in [0.2, 0.25) is 0 Å². The van der Waals surface area contributed by atoms with E-state index in [4.69, 9.17) is 18.6 Å². The lowest BCUT2D eigenvalue weighted by atomic mass is 9.90. The molecule has 4 rings (SSSR count). The molecule has 2 unspecified atom stereocenters. The van der Waals surface area contributed by atoms with Gasteiger partial charge in [0.1, 0.15) is 22.5 Å². The zero-order valence-electron chi connectivity index (χ0n) is 23.8. The van der Waals surface area contributed by atoms with Crippen molar-refractivity contribution >= 4 is 22.7 Å². The number of benzene rings is 2. The monoisotopic (exact) mass is 586 g/mol. The molecule has 1 aliphatic heterocycles. The number of nitrogens with zero attached hydrogens (tertiary/aromatic N) is 1. The van der Waals surface area contributed by atoms with Crippen LogP contribution in [0.3, 0.4) is 0 Å². The molecule has 41 heavy (non-hydrogen) atoms. The number of carbonyl (C=O) groups is 2. The smallest absolute Gasteiger partial charge is 0.306 e. The van der Waals surface area contributed by atoms with Crippen LogP contribution in [0.5, 0.6) is 5.75 Å². The Bertz CT molecular complexity index is 1360. The normalized spacial score (nSPS) is 18.0. The fraction of sp³-hybridized carbons (Fsp3) is 0.400. The van der Waals surface area contributed by atoms with Gasteiger partial charge < -0.3 is 23.9 Å². The topological polar surface area (TPSA) is 131 Å². The zero-order chi connectivity index (χ0) is 29.6. The first-order valence-electron chi connectivity index (χ1n) is 13.5. The maximum atomic E-state index is 12.5. The van der Waals surface area contributed by atoms with E-state index in [2.05, 4.69) is 5.32 Å². The van der Waals surface area contributed by atoms with Crippen molar-refractivity contribution in [2.45, 2.75) is 50.2 Å². The van der Waals surface area contributed by atoms with Crippen LogP contribution in [-0.4, -0.2) is 65.3 Å². The second-order valence-electron chi connectivity index (χ2n) is 9.91. The zero-order valence-corrected chi connectivity index (χ0v) is 24.6. The Morgan fingerprint density at radius 2 is 1.93 bits per heavy atom. The van der Waals surface area contributed by atoms with Crippen molar-refractivity contribution in [1.29, 1.82) is 0 Å². The van der Waals surface area contributed by atoms with E-state index in [1.54, 1.807) is 41.7 Å². The number of amides is 1. The molecule has 0 spiro atoms. The molecule has 3 aromatic rings. The van der Waals surface area contributed by atoms with Crippen molar-refractivity contribution in [3.05, 3.63) is 82.8 Å². The van der Waals surface area contributed by atoms with Gasteiger partial charge in [-0.3, -0.25) is 18.7 Å². The van der Waals surface area contributed by atoms with Gasteiger partial charge in [-0.2, -0.15) is 4.31 Å². The minimum Gasteiger partial charge on any atom is -0.487 e. The van der Waals surface area contributed by atoms with Gasteiger partial charge in [-0.25, -0.2) is 0 Å². The molecule has 0 saturated heterocycles. The number of rotatable bonds is 11. The average molecular weight is 587 g/mol. The predicted octanol–water partition coefficient (Wildman–Crippen LogP) is 5.36. The lowest BCUT2D eigenvalue weighted by Gasteiger charge is -2.42. The van der Waals surface area contributed by atoms with Gasteiger partial charge in [-0.05, 0) is 54.3 Å². The Kier molecular flexibility index (Phi) is 10.1. The fourth-order valence-electron chi connectivity index (χ4n) is 4.74. The molecule has 2 aromatic carbocycles. The Labute approximate surface area is 242 Å². The van der Waals surface area contributed by atoms with Gasteiger partial charge in [0.05, 0.1) is 32.6 Å². The molecule has 222 valence electrons. The molecule has 0 fully saturated rings. The number of hydrogen-bond donors (Lipinski definition) is 3. The van der Waals surface area contributed by atoms with E-state index in [1.165, 1.54) is 7.11 Å². The number of fused-ring (bicyclic) bond motifs is 1. The molecular formula is C30H38N2O8S. The van der Waals surface area contributed by atoms with Gasteiger partial charge in [0.15, 0.2) is 5.76 Å². The minimum atomic E-state index is -3.34. The highest BCUT2D eigenvalue weighted by Gasteiger charge is 2.35. The first kappa shape index (κ1) is 30.6. The summed E-state index contributed by atoms with van der Waals surface area (Å²) in [7, 11) is -0.465. The van der Waals surface area contributed by atoms with E-state index >= 15 is 0 Å². The summed E-state index contributed by atoms with van der Waals surface area (Å²) < 4.78 is 46.5. The van der Waals surface area contributed by atoms with Gasteiger partial charge >= 0.3 is 5.97 Å². The lowest BCUT2D eigenvalue weighted by molar-refractivity contribution is -0.140. The van der Waals surface area contributed by atoms with Gasteiger partial charge in [0.2, 0.25) is 0 Å². The molecule has 3 N–H and O–H groups in total. The van der Waals surface area contributed by atoms with Gasteiger partial charge in [0, 0.05) is 20.2 Å². The van der Waals surface area contributed by atoms with Crippen molar-refractivity contribution in [2.24, 2.45) is 0 Å². The number of methoxy groups -OCH3 is 2. The fourth-order valence-corrected chi connectivity index (χ4v) is 6.36. The van der Waals surface area contributed by atoms with Gasteiger partial charge in [-0.15, -0.1) is 10.8 Å². The summed E-state index contributed by atoms with van der Waals surface area (Å²) in [6.07, 6.45) is 0.465. The molecule has 11 heteroatoms. The lowest BCUT2D eigenvalue weighted by Crippen LogP contribution is -2.34. The Hall–Kier alpha value is -3.35. The SMILES string of the molecule is CCC1CN(Cc2cc(C(CC(=O)OC)c3ccc(C(=O)NCCOC)o3)ccc2C)S(O)(O)c2ccccc2O1. The van der Waals surface area contributed by atoms with E-state index < -0.39 is 22.7 Å². The number of esters is 1. The highest BCUT2D eigenvalue weighted by Crippen LogP contribution is 2.57. The van der Waals surface area contributed by atoms with Crippen LogP contribution in [0.15, 0.2) is 63.9 Å². The van der Waals surface area contributed by atoms with Gasteiger partial charge in [-0.1, -0.05) is 37.3 Å². The Morgan fingerprint density at radius 3 is 2.66 bits per heavy atom. The summed E-state index contributed by atoms with van der Waals surface area (Å²) >= 11 is 0. The van der Waals surface area contributed by atoms with Crippen LogP contribution in [0, 0.1) is 6.92 Å². The van der Waals surface area contributed by atoms with Crippen molar-refractivity contribution in [2.75, 3.05) is 33.9 Å². The van der Waals surface area contributed by atoms with E-state index in [-0.39, 0.29) is 30.7 Å². The number of furan rings is 1. The summed E-state index contributed by atoms with van der Waals surface area (Å²) in [6.45, 7) is 5.22. The van der Waals surface area contributed by atoms with Crippen molar-refractivity contribution in [1.82, 2.24) is 9.62 Å². The molecule has 0 radical (unpaired) electrons. The van der Waals surface area contributed by atoms with E-state index in [1.807, 2.05) is 38.1 Å². The number of nitrogens with one attached hydrogen (secondary N) is 1. The Balaban J connectivity index is 1.66. The molecule has 0 bridgehead atoms. The maximum Gasteiger partial charge on any atom is 0.306 e. The van der Waals surface area contributed by atoms with Crippen molar-refractivity contribution < 1.29 is 37.3 Å². The van der Waals surface area contributed by atoms with Crippen LogP contribution in [0.25, 0.3) is 0 Å². The van der Waals surface area contributed by atoms with E-state index in [9.17, 15) is 18.7 Å². The highest BCUT2D eigenvalue weighted by atomic mass is 32.3. The molecule has 1 amide bonds. The number of ether oxygens (including phenoxy) is 3. The summed E-state index contributed by atoms with van der Waals surface area (Å²) in [4.78, 5) is 25.3.